The first kappa shape index (κ1) is 17.6. The van der Waals surface area contributed by atoms with Crippen molar-refractivity contribution in [3.8, 4) is 0 Å². The Hall–Kier alpha value is -1.81. The quantitative estimate of drug-likeness (QED) is 0.814. The van der Waals surface area contributed by atoms with Gasteiger partial charge in [0.15, 0.2) is 5.96 Å². The number of guanidine groups is 1. The number of aliphatic hydroxyl groups is 1. The van der Waals surface area contributed by atoms with Crippen molar-refractivity contribution >= 4 is 11.7 Å². The van der Waals surface area contributed by atoms with E-state index in [0.29, 0.717) is 5.41 Å². The minimum atomic E-state index is 0.249. The fourth-order valence-electron chi connectivity index (χ4n) is 5.00. The van der Waals surface area contributed by atoms with Gasteiger partial charge in [0.2, 0.25) is 0 Å². The molecule has 0 aromatic heterocycles. The molecule has 0 unspecified atom stereocenters. The summed E-state index contributed by atoms with van der Waals surface area (Å²) in [7, 11) is 2.15. The van der Waals surface area contributed by atoms with Crippen LogP contribution in [0.5, 0.6) is 0 Å². The largest absolute Gasteiger partial charge is 0.396 e. The molecule has 0 radical (unpaired) electrons. The fraction of sp³-hybridized carbons (Fsp3) is 0.591. The Morgan fingerprint density at radius 1 is 1.15 bits per heavy atom. The van der Waals surface area contributed by atoms with Crippen molar-refractivity contribution in [1.29, 1.82) is 0 Å². The third kappa shape index (κ3) is 3.16. The standard InChI is InChI=1S/C22H31N3O/c1-25-16-19-20(24-21(25)23-13-7-8-14-26)18-10-4-3-9-17(18)15-22(19)11-5-2-6-12-22/h3-4,9-10,26H,2,5-8,11-16H2,1H3,(H,23,24). The van der Waals surface area contributed by atoms with Gasteiger partial charge < -0.3 is 15.3 Å². The molecule has 2 N–H and O–H groups in total. The summed E-state index contributed by atoms with van der Waals surface area (Å²) in [5.41, 5.74) is 6.13. The smallest absolute Gasteiger partial charge is 0.198 e. The number of nitrogens with zero attached hydrogens (tertiary/aromatic N) is 2. The molecule has 1 aromatic rings. The number of hydrogen-bond donors (Lipinski definition) is 2. The Bertz CT molecular complexity index is 716. The molecule has 26 heavy (non-hydrogen) atoms. The second-order valence-corrected chi connectivity index (χ2v) is 8.15. The Kier molecular flexibility index (Phi) is 5.03. The third-order valence-corrected chi connectivity index (χ3v) is 6.39. The number of hydrogen-bond acceptors (Lipinski definition) is 2. The molecule has 1 aromatic carbocycles. The van der Waals surface area contributed by atoms with E-state index in [1.807, 2.05) is 0 Å². The summed E-state index contributed by atoms with van der Waals surface area (Å²) in [5, 5.41) is 12.7. The van der Waals surface area contributed by atoms with Crippen LogP contribution in [0.3, 0.4) is 0 Å². The maximum Gasteiger partial charge on any atom is 0.198 e. The van der Waals surface area contributed by atoms with E-state index in [-0.39, 0.29) is 6.61 Å². The van der Waals surface area contributed by atoms with Gasteiger partial charge in [-0.3, -0.25) is 4.99 Å². The van der Waals surface area contributed by atoms with Crippen molar-refractivity contribution in [3.63, 3.8) is 0 Å². The van der Waals surface area contributed by atoms with Crippen molar-refractivity contribution in [2.24, 2.45) is 10.4 Å². The normalized spacial score (nSPS) is 23.0. The molecule has 0 saturated heterocycles. The van der Waals surface area contributed by atoms with Gasteiger partial charge in [-0.05, 0) is 48.7 Å². The molecule has 1 heterocycles. The number of rotatable bonds is 4. The Balaban J connectivity index is 1.69. The highest BCUT2D eigenvalue weighted by atomic mass is 16.2. The summed E-state index contributed by atoms with van der Waals surface area (Å²) in [6, 6.07) is 8.91. The predicted octanol–water partition coefficient (Wildman–Crippen LogP) is 3.57. The van der Waals surface area contributed by atoms with Gasteiger partial charge in [-0.25, -0.2) is 0 Å². The molecule has 4 heteroatoms. The first-order valence-electron chi connectivity index (χ1n) is 10.2. The van der Waals surface area contributed by atoms with Gasteiger partial charge in [0.1, 0.15) is 0 Å². The highest BCUT2D eigenvalue weighted by Crippen LogP contribution is 2.51. The third-order valence-electron chi connectivity index (χ3n) is 6.39. The molecule has 1 aliphatic heterocycles. The first-order valence-corrected chi connectivity index (χ1v) is 10.2. The van der Waals surface area contributed by atoms with Crippen LogP contribution in [-0.4, -0.2) is 42.7 Å². The van der Waals surface area contributed by atoms with Gasteiger partial charge in [0, 0.05) is 38.0 Å². The zero-order chi connectivity index (χ0) is 18.0. The van der Waals surface area contributed by atoms with E-state index in [1.165, 1.54) is 55.3 Å². The summed E-state index contributed by atoms with van der Waals surface area (Å²) in [6.45, 7) is 2.00. The minimum Gasteiger partial charge on any atom is -0.396 e. The second-order valence-electron chi connectivity index (χ2n) is 8.15. The summed E-state index contributed by atoms with van der Waals surface area (Å²) >= 11 is 0. The van der Waals surface area contributed by atoms with Crippen LogP contribution in [0.1, 0.15) is 56.1 Å². The van der Waals surface area contributed by atoms with Crippen LogP contribution in [0.4, 0.5) is 0 Å². The van der Waals surface area contributed by atoms with E-state index < -0.39 is 0 Å². The van der Waals surface area contributed by atoms with E-state index in [4.69, 9.17) is 10.1 Å². The van der Waals surface area contributed by atoms with Crippen LogP contribution >= 0.6 is 0 Å². The maximum atomic E-state index is 8.98. The number of unbranched alkanes of at least 4 members (excludes halogenated alkanes) is 1. The van der Waals surface area contributed by atoms with E-state index in [2.05, 4.69) is 41.5 Å². The molecule has 0 amide bonds. The molecule has 1 spiro atoms. The second kappa shape index (κ2) is 7.43. The molecule has 140 valence electrons. The van der Waals surface area contributed by atoms with E-state index in [0.717, 1.165) is 31.9 Å². The molecule has 1 fully saturated rings. The lowest BCUT2D eigenvalue weighted by molar-refractivity contribution is 0.220. The van der Waals surface area contributed by atoms with Crippen LogP contribution < -0.4 is 5.32 Å². The number of fused-ring (bicyclic) bond motifs is 3. The molecule has 0 bridgehead atoms. The summed E-state index contributed by atoms with van der Waals surface area (Å²) in [6.07, 6.45) is 9.67. The molecular weight excluding hydrogens is 322 g/mol. The van der Waals surface area contributed by atoms with Crippen molar-refractivity contribution in [1.82, 2.24) is 10.2 Å². The maximum absolute atomic E-state index is 8.98. The first-order chi connectivity index (χ1) is 12.7. The van der Waals surface area contributed by atoms with E-state index in [9.17, 15) is 0 Å². The molecular formula is C22H31N3O. The lowest BCUT2D eigenvalue weighted by Crippen LogP contribution is -2.50. The topological polar surface area (TPSA) is 47.9 Å². The monoisotopic (exact) mass is 353 g/mol. The molecule has 1 saturated carbocycles. The zero-order valence-corrected chi connectivity index (χ0v) is 15.9. The Labute approximate surface area is 157 Å². The van der Waals surface area contributed by atoms with Crippen LogP contribution in [-0.2, 0) is 6.42 Å². The predicted molar refractivity (Wildman–Crippen MR) is 107 cm³/mol. The Morgan fingerprint density at radius 3 is 2.77 bits per heavy atom. The average Bonchev–Trinajstić information content (AvgIpc) is 2.67. The molecule has 4 nitrogen and oxygen atoms in total. The van der Waals surface area contributed by atoms with Gasteiger partial charge in [-0.1, -0.05) is 43.5 Å². The zero-order valence-electron chi connectivity index (χ0n) is 15.9. The SMILES string of the molecule is CN1CC2=C(NC1=NCCCCO)c1ccccc1CC21CCCCC1. The van der Waals surface area contributed by atoms with Crippen molar-refractivity contribution in [2.45, 2.75) is 51.4 Å². The van der Waals surface area contributed by atoms with Gasteiger partial charge in [-0.2, -0.15) is 0 Å². The highest BCUT2D eigenvalue weighted by Gasteiger charge is 2.43. The molecule has 4 rings (SSSR count). The van der Waals surface area contributed by atoms with Crippen LogP contribution in [0, 0.1) is 5.41 Å². The van der Waals surface area contributed by atoms with Crippen molar-refractivity contribution in [3.05, 3.63) is 41.0 Å². The number of likely N-dealkylation sites (N-methyl/N-ethyl adjacent to an activating group) is 1. The summed E-state index contributed by atoms with van der Waals surface area (Å²) in [5.74, 6) is 0.976. The van der Waals surface area contributed by atoms with Crippen molar-refractivity contribution in [2.75, 3.05) is 26.7 Å². The average molecular weight is 354 g/mol. The fourth-order valence-corrected chi connectivity index (χ4v) is 5.00. The number of aliphatic hydroxyl groups excluding tert-OH is 1. The van der Waals surface area contributed by atoms with Crippen molar-refractivity contribution < 1.29 is 5.11 Å². The van der Waals surface area contributed by atoms with Gasteiger partial charge >= 0.3 is 0 Å². The van der Waals surface area contributed by atoms with E-state index in [1.54, 1.807) is 5.57 Å². The highest BCUT2D eigenvalue weighted by molar-refractivity contribution is 5.94. The van der Waals surface area contributed by atoms with Crippen LogP contribution in [0.2, 0.25) is 0 Å². The minimum absolute atomic E-state index is 0.249. The molecule has 3 aliphatic rings. The number of benzene rings is 1. The van der Waals surface area contributed by atoms with E-state index >= 15 is 0 Å². The summed E-state index contributed by atoms with van der Waals surface area (Å²) in [4.78, 5) is 7.07. The molecule has 2 aliphatic carbocycles. The number of nitrogens with one attached hydrogen (secondary N) is 1. The van der Waals surface area contributed by atoms with Gasteiger partial charge in [0.25, 0.3) is 0 Å². The lowest BCUT2D eigenvalue weighted by atomic mass is 9.61. The van der Waals surface area contributed by atoms with Gasteiger partial charge in [-0.15, -0.1) is 0 Å². The lowest BCUT2D eigenvalue weighted by Gasteiger charge is -2.48. The van der Waals surface area contributed by atoms with Crippen LogP contribution in [0.15, 0.2) is 34.8 Å². The van der Waals surface area contributed by atoms with Crippen LogP contribution in [0.25, 0.3) is 5.70 Å². The summed E-state index contributed by atoms with van der Waals surface area (Å²) < 4.78 is 0. The molecule has 0 atom stereocenters. The number of aliphatic imine (C=N–C) groups is 1. The Morgan fingerprint density at radius 2 is 1.96 bits per heavy atom. The van der Waals surface area contributed by atoms with Gasteiger partial charge in [0.05, 0.1) is 0 Å².